The minimum absolute atomic E-state index is 0.132. The molecule has 0 bridgehead atoms. The molecule has 0 aromatic carbocycles. The molecule has 0 aliphatic rings. The summed E-state index contributed by atoms with van der Waals surface area (Å²) in [5, 5.41) is 19.7. The van der Waals surface area contributed by atoms with Crippen molar-refractivity contribution in [3.8, 4) is 0 Å². The third-order valence-electron chi connectivity index (χ3n) is 3.14. The average Bonchev–Trinajstić information content (AvgIpc) is 2.81. The molecule has 1 amide bonds. The third kappa shape index (κ3) is 4.98. The largest absolute Gasteiger partial charge is 0.389 e. The highest BCUT2D eigenvalue weighted by molar-refractivity contribution is 5.77. The van der Waals surface area contributed by atoms with Gasteiger partial charge in [-0.05, 0) is 19.8 Å². The molecular weight excluding hydrogens is 244 g/mol. The van der Waals surface area contributed by atoms with Crippen LogP contribution in [0.3, 0.4) is 0 Å². The molecule has 1 aromatic rings. The molecule has 3 N–H and O–H groups in total. The van der Waals surface area contributed by atoms with Crippen LogP contribution in [0.25, 0.3) is 0 Å². The molecule has 1 rings (SSSR count). The van der Waals surface area contributed by atoms with Crippen molar-refractivity contribution in [2.24, 2.45) is 0 Å². The molecule has 1 heterocycles. The van der Waals surface area contributed by atoms with Crippen LogP contribution < -0.4 is 5.32 Å². The molecule has 1 atom stereocenters. The van der Waals surface area contributed by atoms with Crippen molar-refractivity contribution in [3.05, 3.63) is 12.2 Å². The number of carbonyl (C=O) groups excluding carboxylic acids is 1. The van der Waals surface area contributed by atoms with Crippen LogP contribution in [0, 0.1) is 0 Å². The molecule has 0 spiro atoms. The molecule has 1 aromatic heterocycles. The Bertz CT molecular complexity index is 372. The van der Waals surface area contributed by atoms with Crippen molar-refractivity contribution in [2.45, 2.75) is 64.5 Å². The molecule has 0 fully saturated rings. The van der Waals surface area contributed by atoms with Crippen LogP contribution in [0.4, 0.5) is 0 Å². The topological polar surface area (TPSA) is 90.9 Å². The van der Waals surface area contributed by atoms with E-state index in [1.54, 1.807) is 0 Å². The van der Waals surface area contributed by atoms with E-state index >= 15 is 0 Å². The highest BCUT2D eigenvalue weighted by Crippen LogP contribution is 2.23. The number of amides is 1. The molecule has 0 radical (unpaired) electrons. The van der Waals surface area contributed by atoms with Gasteiger partial charge in [0.2, 0.25) is 5.91 Å². The highest BCUT2D eigenvalue weighted by Gasteiger charge is 2.28. The predicted molar refractivity (Wildman–Crippen MR) is 72.3 cm³/mol. The maximum atomic E-state index is 12.0. The molecule has 0 aliphatic heterocycles. The SMILES string of the molecule is CCCC(O)(CCC)CC(=O)NC(C)c1ncn[nH]1. The van der Waals surface area contributed by atoms with Crippen molar-refractivity contribution in [1.82, 2.24) is 20.5 Å². The van der Waals surface area contributed by atoms with E-state index in [4.69, 9.17) is 0 Å². The van der Waals surface area contributed by atoms with Crippen LogP contribution in [0.5, 0.6) is 0 Å². The van der Waals surface area contributed by atoms with Crippen LogP contribution in [-0.2, 0) is 4.79 Å². The Labute approximate surface area is 114 Å². The number of aromatic nitrogens is 3. The molecule has 6 heteroatoms. The predicted octanol–water partition coefficient (Wildman–Crippen LogP) is 1.70. The molecule has 108 valence electrons. The molecule has 1 unspecified atom stereocenters. The monoisotopic (exact) mass is 268 g/mol. The summed E-state index contributed by atoms with van der Waals surface area (Å²) in [6.45, 7) is 5.85. The molecule has 19 heavy (non-hydrogen) atoms. The van der Waals surface area contributed by atoms with Gasteiger partial charge in [-0.15, -0.1) is 0 Å². The molecule has 6 nitrogen and oxygen atoms in total. The summed E-state index contributed by atoms with van der Waals surface area (Å²) in [4.78, 5) is 16.0. The zero-order chi connectivity index (χ0) is 14.3. The number of nitrogens with one attached hydrogen (secondary N) is 2. The fourth-order valence-electron chi connectivity index (χ4n) is 2.32. The van der Waals surface area contributed by atoms with Gasteiger partial charge in [0.15, 0.2) is 0 Å². The molecule has 0 aliphatic carbocycles. The van der Waals surface area contributed by atoms with E-state index in [1.165, 1.54) is 6.33 Å². The lowest BCUT2D eigenvalue weighted by atomic mass is 9.89. The standard InChI is InChI=1S/C13H24N4O2/c1-4-6-13(19,7-5-2)8-11(18)16-10(3)12-14-9-15-17-12/h9-10,19H,4-8H2,1-3H3,(H,16,18)(H,14,15,17). The van der Waals surface area contributed by atoms with E-state index in [9.17, 15) is 9.90 Å². The van der Waals surface area contributed by atoms with Crippen LogP contribution >= 0.6 is 0 Å². The molecule has 0 saturated heterocycles. The second kappa shape index (κ2) is 7.23. The Kier molecular flexibility index (Phi) is 5.95. The number of hydrogen-bond acceptors (Lipinski definition) is 4. The van der Waals surface area contributed by atoms with Crippen molar-refractivity contribution < 1.29 is 9.90 Å². The van der Waals surface area contributed by atoms with E-state index in [0.717, 1.165) is 12.8 Å². The lowest BCUT2D eigenvalue weighted by Gasteiger charge is -2.27. The number of aliphatic hydroxyl groups is 1. The molecule has 0 saturated carbocycles. The Hall–Kier alpha value is -1.43. The van der Waals surface area contributed by atoms with Gasteiger partial charge in [0.25, 0.3) is 0 Å². The minimum Gasteiger partial charge on any atom is -0.389 e. The Morgan fingerprint density at radius 1 is 1.47 bits per heavy atom. The fourth-order valence-corrected chi connectivity index (χ4v) is 2.32. The fraction of sp³-hybridized carbons (Fsp3) is 0.769. The number of carbonyl (C=O) groups is 1. The van der Waals surface area contributed by atoms with Gasteiger partial charge in [-0.3, -0.25) is 9.89 Å². The van der Waals surface area contributed by atoms with E-state index in [1.807, 2.05) is 20.8 Å². The summed E-state index contributed by atoms with van der Waals surface area (Å²) < 4.78 is 0. The van der Waals surface area contributed by atoms with Crippen LogP contribution in [0.15, 0.2) is 6.33 Å². The second-order valence-electron chi connectivity index (χ2n) is 5.06. The van der Waals surface area contributed by atoms with E-state index in [-0.39, 0.29) is 18.4 Å². The summed E-state index contributed by atoms with van der Waals surface area (Å²) >= 11 is 0. The average molecular weight is 268 g/mol. The van der Waals surface area contributed by atoms with Gasteiger partial charge < -0.3 is 10.4 Å². The van der Waals surface area contributed by atoms with Crippen molar-refractivity contribution in [1.29, 1.82) is 0 Å². The lowest BCUT2D eigenvalue weighted by Crippen LogP contribution is -2.37. The quantitative estimate of drug-likeness (QED) is 0.669. The van der Waals surface area contributed by atoms with Gasteiger partial charge in [0.05, 0.1) is 18.1 Å². The first-order chi connectivity index (χ1) is 9.00. The third-order valence-corrected chi connectivity index (χ3v) is 3.14. The zero-order valence-electron chi connectivity index (χ0n) is 11.9. The number of rotatable bonds is 8. The van der Waals surface area contributed by atoms with Gasteiger partial charge in [-0.2, -0.15) is 5.10 Å². The summed E-state index contributed by atoms with van der Waals surface area (Å²) in [5.41, 5.74) is -0.894. The Morgan fingerprint density at radius 3 is 2.58 bits per heavy atom. The van der Waals surface area contributed by atoms with Gasteiger partial charge in [0, 0.05) is 0 Å². The van der Waals surface area contributed by atoms with Gasteiger partial charge >= 0.3 is 0 Å². The summed E-state index contributed by atoms with van der Waals surface area (Å²) in [6, 6.07) is -0.234. The highest BCUT2D eigenvalue weighted by atomic mass is 16.3. The van der Waals surface area contributed by atoms with Crippen molar-refractivity contribution in [3.63, 3.8) is 0 Å². The summed E-state index contributed by atoms with van der Waals surface area (Å²) in [7, 11) is 0. The van der Waals surface area contributed by atoms with Gasteiger partial charge in [0.1, 0.15) is 12.2 Å². The number of H-pyrrole nitrogens is 1. The van der Waals surface area contributed by atoms with E-state index in [0.29, 0.717) is 18.7 Å². The number of aromatic amines is 1. The number of nitrogens with zero attached hydrogens (tertiary/aromatic N) is 2. The minimum atomic E-state index is -0.894. The normalized spacial score (nSPS) is 13.3. The first kappa shape index (κ1) is 15.6. The van der Waals surface area contributed by atoms with E-state index < -0.39 is 5.60 Å². The second-order valence-corrected chi connectivity index (χ2v) is 5.06. The maximum Gasteiger partial charge on any atom is 0.223 e. The summed E-state index contributed by atoms with van der Waals surface area (Å²) in [6.07, 6.45) is 4.55. The maximum absolute atomic E-state index is 12.0. The first-order valence-electron chi connectivity index (χ1n) is 6.87. The van der Waals surface area contributed by atoms with E-state index in [2.05, 4.69) is 20.5 Å². The van der Waals surface area contributed by atoms with Gasteiger partial charge in [-0.25, -0.2) is 4.98 Å². The van der Waals surface area contributed by atoms with Crippen LogP contribution in [-0.4, -0.2) is 31.8 Å². The Balaban J connectivity index is 2.53. The van der Waals surface area contributed by atoms with Crippen molar-refractivity contribution in [2.75, 3.05) is 0 Å². The van der Waals surface area contributed by atoms with Crippen molar-refractivity contribution >= 4 is 5.91 Å². The first-order valence-corrected chi connectivity index (χ1v) is 6.87. The van der Waals surface area contributed by atoms with Crippen LogP contribution in [0.2, 0.25) is 0 Å². The molecular formula is C13H24N4O2. The number of hydrogen-bond donors (Lipinski definition) is 3. The lowest BCUT2D eigenvalue weighted by molar-refractivity contribution is -0.127. The smallest absolute Gasteiger partial charge is 0.223 e. The van der Waals surface area contributed by atoms with Crippen LogP contribution in [0.1, 0.15) is 64.7 Å². The summed E-state index contributed by atoms with van der Waals surface area (Å²) in [5.74, 6) is 0.455. The Morgan fingerprint density at radius 2 is 2.11 bits per heavy atom. The van der Waals surface area contributed by atoms with Gasteiger partial charge in [-0.1, -0.05) is 26.7 Å². The zero-order valence-corrected chi connectivity index (χ0v) is 11.9.